The molecule has 21 heavy (non-hydrogen) atoms. The number of piperazine rings is 1. The van der Waals surface area contributed by atoms with Gasteiger partial charge in [0.2, 0.25) is 5.91 Å². The van der Waals surface area contributed by atoms with Crippen molar-refractivity contribution in [2.45, 2.75) is 20.4 Å². The summed E-state index contributed by atoms with van der Waals surface area (Å²) in [6.45, 7) is 7.69. The second kappa shape index (κ2) is 6.89. The van der Waals surface area contributed by atoms with E-state index in [0.717, 1.165) is 31.7 Å². The Kier molecular flexibility index (Phi) is 5.17. The van der Waals surface area contributed by atoms with Crippen LogP contribution in [0.3, 0.4) is 0 Å². The highest BCUT2D eigenvalue weighted by molar-refractivity contribution is 5.78. The summed E-state index contributed by atoms with van der Waals surface area (Å²) in [5.41, 5.74) is 0.928. The largest absolute Gasteiger partial charge is 0.494 e. The maximum Gasteiger partial charge on any atom is 0.225 e. The van der Waals surface area contributed by atoms with E-state index in [0.29, 0.717) is 6.54 Å². The summed E-state index contributed by atoms with van der Waals surface area (Å²) < 4.78 is 18.6. The zero-order valence-corrected chi connectivity index (χ0v) is 12.9. The zero-order chi connectivity index (χ0) is 15.4. The van der Waals surface area contributed by atoms with Crippen molar-refractivity contribution in [1.29, 1.82) is 0 Å². The molecule has 2 rings (SSSR count). The Morgan fingerprint density at radius 3 is 2.48 bits per heavy atom. The molecular weight excluding hydrogens is 271 g/mol. The third-order valence-electron chi connectivity index (χ3n) is 3.80. The zero-order valence-electron chi connectivity index (χ0n) is 12.9. The molecule has 0 atom stereocenters. The van der Waals surface area contributed by atoms with E-state index in [4.69, 9.17) is 4.74 Å². The van der Waals surface area contributed by atoms with Crippen molar-refractivity contribution >= 4 is 5.91 Å². The number of halogens is 1. The number of carbonyl (C=O) groups is 1. The van der Waals surface area contributed by atoms with E-state index >= 15 is 0 Å². The molecule has 1 aliphatic heterocycles. The molecule has 1 fully saturated rings. The molecule has 4 nitrogen and oxygen atoms in total. The topological polar surface area (TPSA) is 32.8 Å². The fourth-order valence-corrected chi connectivity index (χ4v) is 2.56. The Balaban J connectivity index is 1.89. The summed E-state index contributed by atoms with van der Waals surface area (Å²) >= 11 is 0. The van der Waals surface area contributed by atoms with Gasteiger partial charge in [-0.3, -0.25) is 9.69 Å². The van der Waals surface area contributed by atoms with Gasteiger partial charge in [0.15, 0.2) is 11.6 Å². The highest BCUT2D eigenvalue weighted by Gasteiger charge is 2.22. The number of nitrogens with zero attached hydrogens (tertiary/aromatic N) is 2. The first-order valence-corrected chi connectivity index (χ1v) is 7.35. The molecule has 0 unspecified atom stereocenters. The fourth-order valence-electron chi connectivity index (χ4n) is 2.56. The van der Waals surface area contributed by atoms with Gasteiger partial charge in [-0.2, -0.15) is 0 Å². The first-order chi connectivity index (χ1) is 10.0. The number of benzene rings is 1. The van der Waals surface area contributed by atoms with E-state index in [1.807, 2.05) is 24.8 Å². The van der Waals surface area contributed by atoms with Crippen molar-refractivity contribution in [2.75, 3.05) is 33.3 Å². The molecule has 0 radical (unpaired) electrons. The quantitative estimate of drug-likeness (QED) is 0.853. The summed E-state index contributed by atoms with van der Waals surface area (Å²) in [5, 5.41) is 0. The van der Waals surface area contributed by atoms with Crippen LogP contribution in [0.1, 0.15) is 19.4 Å². The Morgan fingerprint density at radius 1 is 1.29 bits per heavy atom. The van der Waals surface area contributed by atoms with Crippen LogP contribution in [-0.4, -0.2) is 49.0 Å². The first kappa shape index (κ1) is 15.8. The Morgan fingerprint density at radius 2 is 1.95 bits per heavy atom. The second-order valence-corrected chi connectivity index (χ2v) is 5.73. The van der Waals surface area contributed by atoms with E-state index in [2.05, 4.69) is 4.90 Å². The van der Waals surface area contributed by atoms with Crippen LogP contribution in [0, 0.1) is 11.7 Å². The summed E-state index contributed by atoms with van der Waals surface area (Å²) in [6, 6.07) is 5.06. The molecule has 0 bridgehead atoms. The minimum atomic E-state index is -0.330. The van der Waals surface area contributed by atoms with Gasteiger partial charge in [0, 0.05) is 38.6 Å². The van der Waals surface area contributed by atoms with Crippen molar-refractivity contribution in [2.24, 2.45) is 5.92 Å². The van der Waals surface area contributed by atoms with Crippen LogP contribution in [0.2, 0.25) is 0 Å². The number of hydrogen-bond donors (Lipinski definition) is 0. The first-order valence-electron chi connectivity index (χ1n) is 7.35. The van der Waals surface area contributed by atoms with E-state index in [1.165, 1.54) is 13.2 Å². The standard InChI is InChI=1S/C16H23FN2O2/c1-12(2)16(20)19-8-6-18(7-9-19)11-13-4-5-15(21-3)14(17)10-13/h4-5,10,12H,6-9,11H2,1-3H3. The van der Waals surface area contributed by atoms with Gasteiger partial charge < -0.3 is 9.64 Å². The van der Waals surface area contributed by atoms with Crippen molar-refractivity contribution in [3.63, 3.8) is 0 Å². The minimum Gasteiger partial charge on any atom is -0.494 e. The molecule has 5 heteroatoms. The lowest BCUT2D eigenvalue weighted by Crippen LogP contribution is -2.49. The van der Waals surface area contributed by atoms with Crippen molar-refractivity contribution in [3.05, 3.63) is 29.6 Å². The number of amides is 1. The number of hydrogen-bond acceptors (Lipinski definition) is 3. The highest BCUT2D eigenvalue weighted by atomic mass is 19.1. The van der Waals surface area contributed by atoms with Crippen molar-refractivity contribution < 1.29 is 13.9 Å². The molecule has 1 aromatic rings. The molecule has 0 N–H and O–H groups in total. The highest BCUT2D eigenvalue weighted by Crippen LogP contribution is 2.19. The average molecular weight is 294 g/mol. The Bertz CT molecular complexity index is 497. The summed E-state index contributed by atoms with van der Waals surface area (Å²) in [5.74, 6) is 0.201. The van der Waals surface area contributed by atoms with Crippen LogP contribution < -0.4 is 4.74 Å². The molecule has 0 spiro atoms. The lowest BCUT2D eigenvalue weighted by molar-refractivity contribution is -0.136. The summed E-state index contributed by atoms with van der Waals surface area (Å²) in [6.07, 6.45) is 0. The number of ether oxygens (including phenoxy) is 1. The third kappa shape index (κ3) is 3.94. The van der Waals surface area contributed by atoms with Crippen LogP contribution in [0.5, 0.6) is 5.75 Å². The molecule has 1 aliphatic rings. The molecule has 1 heterocycles. The van der Waals surface area contributed by atoms with Crippen molar-refractivity contribution in [3.8, 4) is 5.75 Å². The molecule has 116 valence electrons. The van der Waals surface area contributed by atoms with Gasteiger partial charge in [-0.15, -0.1) is 0 Å². The van der Waals surface area contributed by atoms with Gasteiger partial charge in [-0.05, 0) is 17.7 Å². The fraction of sp³-hybridized carbons (Fsp3) is 0.562. The van der Waals surface area contributed by atoms with Gasteiger partial charge in [0.25, 0.3) is 0 Å². The van der Waals surface area contributed by atoms with Gasteiger partial charge >= 0.3 is 0 Å². The molecule has 0 aliphatic carbocycles. The minimum absolute atomic E-state index is 0.0484. The number of methoxy groups -OCH3 is 1. The molecular formula is C16H23FN2O2. The third-order valence-corrected chi connectivity index (χ3v) is 3.80. The average Bonchev–Trinajstić information content (AvgIpc) is 2.47. The van der Waals surface area contributed by atoms with E-state index in [-0.39, 0.29) is 23.4 Å². The smallest absolute Gasteiger partial charge is 0.225 e. The van der Waals surface area contributed by atoms with E-state index < -0.39 is 0 Å². The maximum absolute atomic E-state index is 13.7. The lowest BCUT2D eigenvalue weighted by atomic mass is 10.1. The SMILES string of the molecule is COc1ccc(CN2CCN(C(=O)C(C)C)CC2)cc1F. The monoisotopic (exact) mass is 294 g/mol. The second-order valence-electron chi connectivity index (χ2n) is 5.73. The van der Waals surface area contributed by atoms with Crippen LogP contribution in [-0.2, 0) is 11.3 Å². The molecule has 0 aromatic heterocycles. The predicted octanol–water partition coefficient (Wildman–Crippen LogP) is 2.13. The van der Waals surface area contributed by atoms with Crippen molar-refractivity contribution in [1.82, 2.24) is 9.80 Å². The maximum atomic E-state index is 13.7. The Hall–Kier alpha value is -1.62. The van der Waals surface area contributed by atoms with E-state index in [9.17, 15) is 9.18 Å². The van der Waals surface area contributed by atoms with Gasteiger partial charge in [-0.1, -0.05) is 19.9 Å². The summed E-state index contributed by atoms with van der Waals surface area (Å²) in [7, 11) is 1.46. The molecule has 0 saturated carbocycles. The van der Waals surface area contributed by atoms with Crippen LogP contribution in [0.4, 0.5) is 4.39 Å². The normalized spacial score (nSPS) is 16.3. The van der Waals surface area contributed by atoms with Gasteiger partial charge in [0.05, 0.1) is 7.11 Å². The number of carbonyl (C=O) groups excluding carboxylic acids is 1. The van der Waals surface area contributed by atoms with Crippen LogP contribution >= 0.6 is 0 Å². The van der Waals surface area contributed by atoms with Crippen LogP contribution in [0.25, 0.3) is 0 Å². The van der Waals surface area contributed by atoms with Crippen LogP contribution in [0.15, 0.2) is 18.2 Å². The Labute approximate surface area is 125 Å². The lowest BCUT2D eigenvalue weighted by Gasteiger charge is -2.35. The predicted molar refractivity (Wildman–Crippen MR) is 79.6 cm³/mol. The van der Waals surface area contributed by atoms with Gasteiger partial charge in [-0.25, -0.2) is 4.39 Å². The molecule has 1 amide bonds. The molecule has 1 aromatic carbocycles. The summed E-state index contributed by atoms with van der Waals surface area (Å²) in [4.78, 5) is 16.1. The molecule has 1 saturated heterocycles. The van der Waals surface area contributed by atoms with Gasteiger partial charge in [0.1, 0.15) is 0 Å². The number of rotatable bonds is 4. The van der Waals surface area contributed by atoms with E-state index in [1.54, 1.807) is 6.07 Å².